The van der Waals surface area contributed by atoms with E-state index in [1.165, 1.54) is 30.6 Å². The average Bonchev–Trinajstić information content (AvgIpc) is 3.03. The minimum atomic E-state index is 0.0201. The second-order valence-corrected chi connectivity index (χ2v) is 7.37. The van der Waals surface area contributed by atoms with Gasteiger partial charge in [0.1, 0.15) is 9.53 Å². The van der Waals surface area contributed by atoms with Crippen LogP contribution in [0.1, 0.15) is 45.1 Å². The van der Waals surface area contributed by atoms with Crippen LogP contribution in [0.3, 0.4) is 0 Å². The summed E-state index contributed by atoms with van der Waals surface area (Å²) < 4.78 is 2.44. The van der Waals surface area contributed by atoms with Gasteiger partial charge in [-0.15, -0.1) is 11.3 Å². The summed E-state index contributed by atoms with van der Waals surface area (Å²) in [5.74, 6) is 0. The first-order valence-electron chi connectivity index (χ1n) is 8.68. The number of hydrogen-bond acceptors (Lipinski definition) is 5. The van der Waals surface area contributed by atoms with E-state index >= 15 is 0 Å². The molecule has 0 atom stereocenters. The zero-order valence-electron chi connectivity index (χ0n) is 14.1. The van der Waals surface area contributed by atoms with Crippen molar-refractivity contribution in [2.24, 2.45) is 0 Å². The number of thiophene rings is 1. The molecule has 3 aromatic rings. The summed E-state index contributed by atoms with van der Waals surface area (Å²) in [6.45, 7) is 10.0. The van der Waals surface area contributed by atoms with Gasteiger partial charge in [-0.25, -0.2) is 9.83 Å². The topological polar surface area (TPSA) is 64.2 Å². The average molecular weight is 353 g/mol. The number of fused-ring (bicyclic) bond motifs is 3. The van der Waals surface area contributed by atoms with Crippen LogP contribution in [0.5, 0.6) is 0 Å². The Morgan fingerprint density at radius 3 is 2.88 bits per heavy atom. The van der Waals surface area contributed by atoms with Gasteiger partial charge in [0.2, 0.25) is 5.69 Å². The Morgan fingerprint density at radius 1 is 1.36 bits per heavy atom. The van der Waals surface area contributed by atoms with Crippen molar-refractivity contribution in [3.8, 4) is 0 Å². The zero-order chi connectivity index (χ0) is 17.4. The SMILES string of the molecule is [C-]#[N+]c1cnc2sc3c(=O)n(C4CCCCC4)cnc3c2c1NCC. The third-order valence-corrected chi connectivity index (χ3v) is 5.93. The van der Waals surface area contributed by atoms with Crippen LogP contribution < -0.4 is 10.9 Å². The van der Waals surface area contributed by atoms with E-state index in [1.54, 1.807) is 17.1 Å². The van der Waals surface area contributed by atoms with Gasteiger partial charge in [0.25, 0.3) is 5.56 Å². The Bertz CT molecular complexity index is 1040. The molecule has 1 aliphatic carbocycles. The van der Waals surface area contributed by atoms with Crippen LogP contribution >= 0.6 is 11.3 Å². The van der Waals surface area contributed by atoms with Crippen LogP contribution in [-0.4, -0.2) is 21.1 Å². The molecule has 7 heteroatoms. The van der Waals surface area contributed by atoms with Gasteiger partial charge in [-0.1, -0.05) is 19.3 Å². The minimum absolute atomic E-state index is 0.0201. The van der Waals surface area contributed by atoms with Crippen molar-refractivity contribution in [2.75, 3.05) is 11.9 Å². The molecule has 1 N–H and O–H groups in total. The van der Waals surface area contributed by atoms with E-state index in [0.717, 1.165) is 28.7 Å². The molecule has 0 amide bonds. The Hall–Kier alpha value is -2.46. The highest BCUT2D eigenvalue weighted by atomic mass is 32.1. The molecule has 0 saturated heterocycles. The molecule has 1 saturated carbocycles. The zero-order valence-corrected chi connectivity index (χ0v) is 14.9. The van der Waals surface area contributed by atoms with Crippen molar-refractivity contribution in [3.05, 3.63) is 34.3 Å². The van der Waals surface area contributed by atoms with Crippen molar-refractivity contribution in [3.63, 3.8) is 0 Å². The summed E-state index contributed by atoms with van der Waals surface area (Å²) in [7, 11) is 0. The molecular formula is C18H19N5OS. The van der Waals surface area contributed by atoms with Crippen molar-refractivity contribution in [1.29, 1.82) is 0 Å². The number of anilines is 1. The quantitative estimate of drug-likeness (QED) is 0.705. The van der Waals surface area contributed by atoms with Gasteiger partial charge in [0.15, 0.2) is 0 Å². The molecule has 4 rings (SSSR count). The van der Waals surface area contributed by atoms with Crippen LogP contribution in [0.15, 0.2) is 17.3 Å². The Balaban J connectivity index is 1.97. The summed E-state index contributed by atoms with van der Waals surface area (Å²) in [6.07, 6.45) is 8.93. The fourth-order valence-corrected chi connectivity index (χ4v) is 4.70. The molecule has 1 aliphatic rings. The van der Waals surface area contributed by atoms with E-state index in [4.69, 9.17) is 6.57 Å². The fraction of sp³-hybridized carbons (Fsp3) is 0.444. The van der Waals surface area contributed by atoms with E-state index in [1.807, 2.05) is 6.92 Å². The first kappa shape index (κ1) is 16.0. The molecule has 0 spiro atoms. The molecule has 128 valence electrons. The molecule has 0 aromatic carbocycles. The summed E-state index contributed by atoms with van der Waals surface area (Å²) in [6, 6.07) is 0.253. The number of nitrogens with zero attached hydrogens (tertiary/aromatic N) is 4. The normalized spacial score (nSPS) is 15.5. The van der Waals surface area contributed by atoms with Gasteiger partial charge in [0, 0.05) is 18.8 Å². The van der Waals surface area contributed by atoms with Crippen LogP contribution in [0.2, 0.25) is 0 Å². The number of hydrogen-bond donors (Lipinski definition) is 1. The number of rotatable bonds is 3. The maximum Gasteiger partial charge on any atom is 0.271 e. The van der Waals surface area contributed by atoms with E-state index in [-0.39, 0.29) is 11.6 Å². The summed E-state index contributed by atoms with van der Waals surface area (Å²) >= 11 is 1.38. The highest BCUT2D eigenvalue weighted by molar-refractivity contribution is 7.25. The summed E-state index contributed by atoms with van der Waals surface area (Å²) in [5, 5.41) is 4.04. The second-order valence-electron chi connectivity index (χ2n) is 6.37. The predicted octanol–water partition coefficient (Wildman–Crippen LogP) is 4.49. The lowest BCUT2D eigenvalue weighted by Gasteiger charge is -2.23. The molecule has 0 unspecified atom stereocenters. The van der Waals surface area contributed by atoms with Gasteiger partial charge in [-0.3, -0.25) is 14.3 Å². The maximum atomic E-state index is 13.0. The van der Waals surface area contributed by atoms with Crippen molar-refractivity contribution < 1.29 is 0 Å². The first-order valence-corrected chi connectivity index (χ1v) is 9.50. The Kier molecular flexibility index (Phi) is 4.14. The Morgan fingerprint density at radius 2 is 2.16 bits per heavy atom. The summed E-state index contributed by atoms with van der Waals surface area (Å²) in [4.78, 5) is 26.4. The van der Waals surface area contributed by atoms with E-state index in [2.05, 4.69) is 20.1 Å². The standard InChI is InChI=1S/C18H19N5OS/c1-3-20-14-12(19-2)9-21-17-13(14)15-16(25-17)18(24)23(10-22-15)11-7-5-4-6-8-11/h9-11H,3-8H2,1H3,(H,20,21). The van der Waals surface area contributed by atoms with Gasteiger partial charge in [-0.05, 0) is 19.8 Å². The van der Waals surface area contributed by atoms with Crippen molar-refractivity contribution in [2.45, 2.75) is 45.1 Å². The predicted molar refractivity (Wildman–Crippen MR) is 102 cm³/mol. The molecule has 0 aliphatic heterocycles. The van der Waals surface area contributed by atoms with Crippen molar-refractivity contribution in [1.82, 2.24) is 14.5 Å². The first-order chi connectivity index (χ1) is 12.2. The molecule has 3 aromatic heterocycles. The molecular weight excluding hydrogens is 334 g/mol. The van der Waals surface area contributed by atoms with E-state index in [9.17, 15) is 4.79 Å². The molecule has 3 heterocycles. The Labute approximate surface area is 149 Å². The van der Waals surface area contributed by atoms with E-state index in [0.29, 0.717) is 22.4 Å². The summed E-state index contributed by atoms with van der Waals surface area (Å²) in [5.41, 5.74) is 1.88. The lowest BCUT2D eigenvalue weighted by molar-refractivity contribution is 0.345. The smallest absolute Gasteiger partial charge is 0.271 e. The highest BCUT2D eigenvalue weighted by Crippen LogP contribution is 2.39. The molecule has 6 nitrogen and oxygen atoms in total. The fourth-order valence-electron chi connectivity index (χ4n) is 3.66. The third kappa shape index (κ3) is 2.57. The lowest BCUT2D eigenvalue weighted by atomic mass is 9.95. The number of aromatic nitrogens is 3. The van der Waals surface area contributed by atoms with Crippen LogP contribution in [0, 0.1) is 6.57 Å². The molecule has 1 fully saturated rings. The number of nitrogens with one attached hydrogen (secondary N) is 1. The van der Waals surface area contributed by atoms with Crippen molar-refractivity contribution >= 4 is 43.1 Å². The van der Waals surface area contributed by atoms with Gasteiger partial charge >= 0.3 is 0 Å². The van der Waals surface area contributed by atoms with Crippen LogP contribution in [0.4, 0.5) is 11.4 Å². The van der Waals surface area contributed by atoms with Crippen LogP contribution in [-0.2, 0) is 0 Å². The van der Waals surface area contributed by atoms with Gasteiger partial charge in [-0.2, -0.15) is 0 Å². The van der Waals surface area contributed by atoms with Gasteiger partial charge < -0.3 is 5.32 Å². The van der Waals surface area contributed by atoms with E-state index < -0.39 is 0 Å². The van der Waals surface area contributed by atoms with Gasteiger partial charge in [0.05, 0.1) is 29.5 Å². The lowest BCUT2D eigenvalue weighted by Crippen LogP contribution is -2.26. The molecule has 0 radical (unpaired) electrons. The van der Waals surface area contributed by atoms with Crippen LogP contribution in [0.25, 0.3) is 25.3 Å². The number of pyridine rings is 1. The maximum absolute atomic E-state index is 13.0. The highest BCUT2D eigenvalue weighted by Gasteiger charge is 2.21. The largest absolute Gasteiger partial charge is 0.393 e. The third-order valence-electron chi connectivity index (χ3n) is 4.86. The minimum Gasteiger partial charge on any atom is -0.393 e. The molecule has 0 bridgehead atoms. The monoisotopic (exact) mass is 353 g/mol. The molecule has 25 heavy (non-hydrogen) atoms. The second kappa shape index (κ2) is 6.45.